The Morgan fingerprint density at radius 3 is 2.58 bits per heavy atom. The number of nitrogens with one attached hydrogen (secondary N) is 2. The van der Waals surface area contributed by atoms with Crippen LogP contribution < -0.4 is 10.0 Å². The standard InChI is InChI=1S/C16H15BrN2O5S2/c17-13-7-8-15(25-13)26(22,23)19-12-4-2-1-3-11(12)16(21)24-9-14(20)18-10-5-6-10/h1-4,7-8,10,19H,5-6,9H2,(H,18,20). The van der Waals surface area contributed by atoms with Gasteiger partial charge in [-0.1, -0.05) is 12.1 Å². The monoisotopic (exact) mass is 458 g/mol. The van der Waals surface area contributed by atoms with Crippen LogP contribution in [0.25, 0.3) is 0 Å². The molecule has 10 heteroatoms. The molecule has 2 N–H and O–H groups in total. The van der Waals surface area contributed by atoms with Gasteiger partial charge in [-0.2, -0.15) is 0 Å². The summed E-state index contributed by atoms with van der Waals surface area (Å²) in [6.07, 6.45) is 1.87. The number of benzene rings is 1. The Hall–Kier alpha value is -1.91. The summed E-state index contributed by atoms with van der Waals surface area (Å²) >= 11 is 4.27. The normalized spacial score (nSPS) is 13.9. The highest BCUT2D eigenvalue weighted by Crippen LogP contribution is 2.28. The van der Waals surface area contributed by atoms with Gasteiger partial charge in [-0.15, -0.1) is 11.3 Å². The van der Waals surface area contributed by atoms with E-state index in [4.69, 9.17) is 4.74 Å². The zero-order chi connectivity index (χ0) is 18.7. The van der Waals surface area contributed by atoms with Crippen LogP contribution in [0.3, 0.4) is 0 Å². The third-order valence-corrected chi connectivity index (χ3v) is 6.96. The van der Waals surface area contributed by atoms with Crippen molar-refractivity contribution in [2.75, 3.05) is 11.3 Å². The van der Waals surface area contributed by atoms with E-state index in [0.717, 1.165) is 24.2 Å². The van der Waals surface area contributed by atoms with E-state index in [1.807, 2.05) is 0 Å². The molecule has 0 saturated heterocycles. The minimum atomic E-state index is -3.84. The van der Waals surface area contributed by atoms with E-state index in [2.05, 4.69) is 26.0 Å². The van der Waals surface area contributed by atoms with Crippen molar-refractivity contribution in [2.45, 2.75) is 23.1 Å². The molecule has 0 bridgehead atoms. The summed E-state index contributed by atoms with van der Waals surface area (Å²) in [5.74, 6) is -1.15. The Labute approximate surface area is 162 Å². The number of hydrogen-bond donors (Lipinski definition) is 2. The molecule has 0 unspecified atom stereocenters. The van der Waals surface area contributed by atoms with Gasteiger partial charge in [0.15, 0.2) is 6.61 Å². The number of para-hydroxylation sites is 1. The van der Waals surface area contributed by atoms with Gasteiger partial charge in [0, 0.05) is 6.04 Å². The second-order valence-corrected chi connectivity index (χ2v) is 10.00. The lowest BCUT2D eigenvalue weighted by Crippen LogP contribution is -2.30. The van der Waals surface area contributed by atoms with E-state index in [0.29, 0.717) is 3.79 Å². The SMILES string of the molecule is O=C(COC(=O)c1ccccc1NS(=O)(=O)c1ccc(Br)s1)NC1CC1. The molecule has 1 saturated carbocycles. The highest BCUT2D eigenvalue weighted by atomic mass is 79.9. The van der Waals surface area contributed by atoms with Crippen LogP contribution >= 0.6 is 27.3 Å². The molecular weight excluding hydrogens is 444 g/mol. The van der Waals surface area contributed by atoms with Crippen molar-refractivity contribution < 1.29 is 22.7 Å². The predicted octanol–water partition coefficient (Wildman–Crippen LogP) is 2.75. The van der Waals surface area contributed by atoms with Crippen LogP contribution in [0.4, 0.5) is 5.69 Å². The van der Waals surface area contributed by atoms with Crippen molar-refractivity contribution in [3.8, 4) is 0 Å². The number of esters is 1. The van der Waals surface area contributed by atoms with Crippen molar-refractivity contribution in [3.63, 3.8) is 0 Å². The lowest BCUT2D eigenvalue weighted by Gasteiger charge is -2.11. The van der Waals surface area contributed by atoms with Gasteiger partial charge in [0.05, 0.1) is 15.0 Å². The van der Waals surface area contributed by atoms with Crippen LogP contribution in [0.2, 0.25) is 0 Å². The maximum Gasteiger partial charge on any atom is 0.340 e. The van der Waals surface area contributed by atoms with Crippen LogP contribution in [0.5, 0.6) is 0 Å². The first-order valence-electron chi connectivity index (χ1n) is 7.69. The molecule has 26 heavy (non-hydrogen) atoms. The highest BCUT2D eigenvalue weighted by molar-refractivity contribution is 9.11. The number of anilines is 1. The number of ether oxygens (including phenoxy) is 1. The first kappa shape index (κ1) is 18.9. The van der Waals surface area contributed by atoms with Crippen molar-refractivity contribution >= 4 is 54.9 Å². The Bertz CT molecular complexity index is 938. The smallest absolute Gasteiger partial charge is 0.340 e. The zero-order valence-corrected chi connectivity index (χ0v) is 16.6. The van der Waals surface area contributed by atoms with Crippen molar-refractivity contribution in [1.29, 1.82) is 0 Å². The van der Waals surface area contributed by atoms with E-state index < -0.39 is 22.6 Å². The summed E-state index contributed by atoms with van der Waals surface area (Å²) in [7, 11) is -3.84. The molecule has 1 heterocycles. The minimum Gasteiger partial charge on any atom is -0.452 e. The number of carbonyl (C=O) groups excluding carboxylic acids is 2. The summed E-state index contributed by atoms with van der Waals surface area (Å²) in [4.78, 5) is 23.9. The summed E-state index contributed by atoms with van der Waals surface area (Å²) in [6.45, 7) is -0.408. The maximum absolute atomic E-state index is 12.4. The van der Waals surface area contributed by atoms with Crippen LogP contribution in [0.1, 0.15) is 23.2 Å². The van der Waals surface area contributed by atoms with Gasteiger partial charge in [-0.25, -0.2) is 13.2 Å². The number of sulfonamides is 1. The summed E-state index contributed by atoms with van der Waals surface area (Å²) < 4.78 is 33.1. The third kappa shape index (κ3) is 4.83. The van der Waals surface area contributed by atoms with E-state index in [9.17, 15) is 18.0 Å². The first-order valence-corrected chi connectivity index (χ1v) is 10.8. The fraction of sp³-hybridized carbons (Fsp3) is 0.250. The molecule has 138 valence electrons. The van der Waals surface area contributed by atoms with Crippen LogP contribution in [0, 0.1) is 0 Å². The first-order chi connectivity index (χ1) is 12.3. The predicted molar refractivity (Wildman–Crippen MR) is 101 cm³/mol. The number of thiophene rings is 1. The van der Waals surface area contributed by atoms with Crippen molar-refractivity contribution in [1.82, 2.24) is 5.32 Å². The topological polar surface area (TPSA) is 102 Å². The van der Waals surface area contributed by atoms with Crippen molar-refractivity contribution in [2.24, 2.45) is 0 Å². The van der Waals surface area contributed by atoms with E-state index >= 15 is 0 Å². The summed E-state index contributed by atoms with van der Waals surface area (Å²) in [5, 5.41) is 2.71. The Kier molecular flexibility index (Phi) is 5.64. The van der Waals surface area contributed by atoms with Crippen molar-refractivity contribution in [3.05, 3.63) is 45.7 Å². The number of hydrogen-bond acceptors (Lipinski definition) is 6. The Morgan fingerprint density at radius 1 is 1.19 bits per heavy atom. The molecule has 2 aromatic rings. The lowest BCUT2D eigenvalue weighted by molar-refractivity contribution is -0.124. The Morgan fingerprint density at radius 2 is 1.92 bits per heavy atom. The quantitative estimate of drug-likeness (QED) is 0.621. The molecule has 1 fully saturated rings. The molecule has 3 rings (SSSR count). The molecule has 1 aliphatic rings. The molecule has 0 atom stereocenters. The second-order valence-electron chi connectivity index (χ2n) is 5.63. The second kappa shape index (κ2) is 7.77. The molecule has 7 nitrogen and oxygen atoms in total. The van der Waals surface area contributed by atoms with E-state index in [-0.39, 0.29) is 27.4 Å². The molecule has 1 aliphatic carbocycles. The fourth-order valence-corrected chi connectivity index (χ4v) is 5.18. The number of rotatable bonds is 7. The zero-order valence-electron chi connectivity index (χ0n) is 13.4. The number of carbonyl (C=O) groups is 2. The van der Waals surface area contributed by atoms with E-state index in [1.54, 1.807) is 18.2 Å². The third-order valence-electron chi connectivity index (χ3n) is 3.48. The minimum absolute atomic E-state index is 0.0333. The molecule has 1 aromatic heterocycles. The van der Waals surface area contributed by atoms with Gasteiger partial charge >= 0.3 is 5.97 Å². The molecule has 1 amide bonds. The van der Waals surface area contributed by atoms with Gasteiger partial charge in [-0.05, 0) is 53.0 Å². The van der Waals surface area contributed by atoms with Gasteiger partial charge in [0.2, 0.25) is 0 Å². The van der Waals surface area contributed by atoms with E-state index in [1.165, 1.54) is 18.2 Å². The summed E-state index contributed by atoms with van der Waals surface area (Å²) in [5.41, 5.74) is 0.121. The maximum atomic E-state index is 12.4. The van der Waals surface area contributed by atoms with Gasteiger partial charge in [0.25, 0.3) is 15.9 Å². The van der Waals surface area contributed by atoms with Crippen LogP contribution in [-0.2, 0) is 19.6 Å². The fourth-order valence-electron chi connectivity index (χ4n) is 2.09. The van der Waals surface area contributed by atoms with Gasteiger partial charge < -0.3 is 10.1 Å². The molecule has 1 aromatic carbocycles. The molecule has 0 aliphatic heterocycles. The average Bonchev–Trinajstić information content (AvgIpc) is 3.29. The molecular formula is C16H15BrN2O5S2. The largest absolute Gasteiger partial charge is 0.452 e. The molecule has 0 spiro atoms. The highest BCUT2D eigenvalue weighted by Gasteiger charge is 2.24. The van der Waals surface area contributed by atoms with Crippen LogP contribution in [0.15, 0.2) is 44.4 Å². The average molecular weight is 459 g/mol. The van der Waals surface area contributed by atoms with Gasteiger partial charge in [0.1, 0.15) is 4.21 Å². The Balaban J connectivity index is 1.70. The lowest BCUT2D eigenvalue weighted by atomic mass is 10.2. The van der Waals surface area contributed by atoms with Crippen LogP contribution in [-0.4, -0.2) is 32.9 Å². The summed E-state index contributed by atoms with van der Waals surface area (Å²) in [6, 6.07) is 9.33. The number of halogens is 1. The van der Waals surface area contributed by atoms with Gasteiger partial charge in [-0.3, -0.25) is 9.52 Å². The molecule has 0 radical (unpaired) electrons. The number of amides is 1.